The van der Waals surface area contributed by atoms with E-state index in [9.17, 15) is 0 Å². The maximum atomic E-state index is 5.36. The average molecular weight is 263 g/mol. The van der Waals surface area contributed by atoms with E-state index in [4.69, 9.17) is 4.52 Å². The topological polar surface area (TPSA) is 50.1 Å². The molecule has 0 aliphatic carbocycles. The third-order valence-electron chi connectivity index (χ3n) is 3.39. The van der Waals surface area contributed by atoms with E-state index in [2.05, 4.69) is 22.7 Å². The predicted molar refractivity (Wildman–Crippen MR) is 72.5 cm³/mol. The predicted octanol–water partition coefficient (Wildman–Crippen LogP) is 2.24. The van der Waals surface area contributed by atoms with Gasteiger partial charge in [-0.2, -0.15) is 0 Å². The molecule has 1 aliphatic heterocycles. The van der Waals surface area contributed by atoms with Crippen LogP contribution in [0.1, 0.15) is 19.0 Å². The summed E-state index contributed by atoms with van der Waals surface area (Å²) < 4.78 is 5.36. The van der Waals surface area contributed by atoms with Crippen molar-refractivity contribution in [3.8, 4) is 10.6 Å². The lowest BCUT2D eigenvalue weighted by atomic mass is 10.0. The number of nitrogens with one attached hydrogen (secondary N) is 2. The Kier molecular flexibility index (Phi) is 3.20. The summed E-state index contributed by atoms with van der Waals surface area (Å²) in [6, 6.07) is 6.08. The minimum absolute atomic E-state index is 0.183. The number of aromatic nitrogens is 1. The molecule has 0 amide bonds. The van der Waals surface area contributed by atoms with Crippen LogP contribution in [0, 0.1) is 0 Å². The summed E-state index contributed by atoms with van der Waals surface area (Å²) in [5.74, 6) is 0.858. The van der Waals surface area contributed by atoms with Gasteiger partial charge in [0.2, 0.25) is 0 Å². The molecular formula is C13H17N3OS. The summed E-state index contributed by atoms with van der Waals surface area (Å²) in [4.78, 5) is 1.13. The molecule has 3 heterocycles. The van der Waals surface area contributed by atoms with Crippen LogP contribution in [0.3, 0.4) is 0 Å². The molecule has 1 saturated heterocycles. The molecule has 0 radical (unpaired) electrons. The van der Waals surface area contributed by atoms with E-state index in [1.165, 1.54) is 0 Å². The summed E-state index contributed by atoms with van der Waals surface area (Å²) in [6.45, 7) is 5.10. The molecule has 1 fully saturated rings. The van der Waals surface area contributed by atoms with Crippen molar-refractivity contribution in [2.75, 3.05) is 13.1 Å². The number of hydrogen-bond acceptors (Lipinski definition) is 5. The Labute approximate surface area is 110 Å². The molecule has 0 bridgehead atoms. The highest BCUT2D eigenvalue weighted by atomic mass is 32.1. The molecule has 1 aliphatic rings. The van der Waals surface area contributed by atoms with Crippen LogP contribution in [0.4, 0.5) is 0 Å². The minimum atomic E-state index is 0.183. The molecule has 18 heavy (non-hydrogen) atoms. The summed E-state index contributed by atoms with van der Waals surface area (Å²) >= 11 is 1.67. The highest BCUT2D eigenvalue weighted by molar-refractivity contribution is 7.13. The first-order valence-electron chi connectivity index (χ1n) is 6.20. The van der Waals surface area contributed by atoms with Crippen molar-refractivity contribution in [3.05, 3.63) is 29.3 Å². The summed E-state index contributed by atoms with van der Waals surface area (Å²) in [6.07, 6.45) is 1.16. The molecule has 0 aromatic carbocycles. The van der Waals surface area contributed by atoms with Crippen molar-refractivity contribution < 1.29 is 4.52 Å². The standard InChI is InChI=1S/C13H17N3OS/c1-13(4-5-14-9-13)15-8-10-7-11(17-16-10)12-3-2-6-18-12/h2-3,6-7,14-15H,4-5,8-9H2,1H3. The molecule has 0 saturated carbocycles. The number of hydrogen-bond donors (Lipinski definition) is 2. The van der Waals surface area contributed by atoms with Gasteiger partial charge < -0.3 is 15.2 Å². The van der Waals surface area contributed by atoms with Gasteiger partial charge in [0.25, 0.3) is 0 Å². The molecule has 2 N–H and O–H groups in total. The Bertz CT molecular complexity index is 500. The maximum absolute atomic E-state index is 5.36. The van der Waals surface area contributed by atoms with Crippen LogP contribution < -0.4 is 10.6 Å². The van der Waals surface area contributed by atoms with Crippen molar-refractivity contribution in [3.63, 3.8) is 0 Å². The average Bonchev–Trinajstić information content (AvgIpc) is 3.08. The van der Waals surface area contributed by atoms with Crippen molar-refractivity contribution in [2.24, 2.45) is 0 Å². The Morgan fingerprint density at radius 1 is 1.61 bits per heavy atom. The Morgan fingerprint density at radius 2 is 2.56 bits per heavy atom. The molecule has 1 atom stereocenters. The zero-order chi connectivity index (χ0) is 12.4. The van der Waals surface area contributed by atoms with Crippen LogP contribution in [0.2, 0.25) is 0 Å². The van der Waals surface area contributed by atoms with Crippen LogP contribution in [0.5, 0.6) is 0 Å². The smallest absolute Gasteiger partial charge is 0.177 e. The van der Waals surface area contributed by atoms with Crippen LogP contribution in [-0.2, 0) is 6.54 Å². The molecule has 3 rings (SSSR count). The highest BCUT2D eigenvalue weighted by Crippen LogP contribution is 2.25. The van der Waals surface area contributed by atoms with Gasteiger partial charge in [0, 0.05) is 24.7 Å². The van der Waals surface area contributed by atoms with Gasteiger partial charge in [0.1, 0.15) is 0 Å². The van der Waals surface area contributed by atoms with Crippen LogP contribution in [0.15, 0.2) is 28.1 Å². The molecule has 4 nitrogen and oxygen atoms in total. The van der Waals surface area contributed by atoms with E-state index in [0.29, 0.717) is 0 Å². The molecule has 1 unspecified atom stereocenters. The van der Waals surface area contributed by atoms with E-state index in [1.54, 1.807) is 11.3 Å². The fraction of sp³-hybridized carbons (Fsp3) is 0.462. The normalized spacial score (nSPS) is 23.6. The monoisotopic (exact) mass is 263 g/mol. The molecule has 2 aromatic heterocycles. The van der Waals surface area contributed by atoms with Crippen LogP contribution in [-0.4, -0.2) is 23.8 Å². The minimum Gasteiger partial charge on any atom is -0.355 e. The second kappa shape index (κ2) is 4.84. The lowest BCUT2D eigenvalue weighted by Gasteiger charge is -2.23. The Morgan fingerprint density at radius 3 is 3.28 bits per heavy atom. The highest BCUT2D eigenvalue weighted by Gasteiger charge is 2.27. The van der Waals surface area contributed by atoms with Gasteiger partial charge in [-0.3, -0.25) is 0 Å². The quantitative estimate of drug-likeness (QED) is 0.888. The van der Waals surface area contributed by atoms with E-state index in [-0.39, 0.29) is 5.54 Å². The van der Waals surface area contributed by atoms with Crippen molar-refractivity contribution in [1.82, 2.24) is 15.8 Å². The van der Waals surface area contributed by atoms with Gasteiger partial charge in [-0.1, -0.05) is 11.2 Å². The second-order valence-electron chi connectivity index (χ2n) is 5.00. The van der Waals surface area contributed by atoms with Gasteiger partial charge in [-0.15, -0.1) is 11.3 Å². The molecule has 96 valence electrons. The zero-order valence-electron chi connectivity index (χ0n) is 10.4. The van der Waals surface area contributed by atoms with Gasteiger partial charge in [0.05, 0.1) is 10.6 Å². The first-order valence-corrected chi connectivity index (χ1v) is 7.08. The third kappa shape index (κ3) is 2.48. The summed E-state index contributed by atoms with van der Waals surface area (Å²) in [7, 11) is 0. The van der Waals surface area contributed by atoms with Gasteiger partial charge in [-0.25, -0.2) is 0 Å². The van der Waals surface area contributed by atoms with Gasteiger partial charge in [0.15, 0.2) is 5.76 Å². The van der Waals surface area contributed by atoms with E-state index >= 15 is 0 Å². The van der Waals surface area contributed by atoms with E-state index in [0.717, 1.165) is 42.4 Å². The van der Waals surface area contributed by atoms with Gasteiger partial charge >= 0.3 is 0 Å². The third-order valence-corrected chi connectivity index (χ3v) is 4.27. The lowest BCUT2D eigenvalue weighted by molar-refractivity contribution is 0.369. The SMILES string of the molecule is CC1(NCc2cc(-c3cccs3)on2)CCNC1. The molecule has 0 spiro atoms. The Hall–Kier alpha value is -1.17. The largest absolute Gasteiger partial charge is 0.355 e. The van der Waals surface area contributed by atoms with E-state index < -0.39 is 0 Å². The lowest BCUT2D eigenvalue weighted by Crippen LogP contribution is -2.43. The number of thiophene rings is 1. The maximum Gasteiger partial charge on any atom is 0.177 e. The van der Waals surface area contributed by atoms with Crippen LogP contribution in [0.25, 0.3) is 10.6 Å². The molecular weight excluding hydrogens is 246 g/mol. The zero-order valence-corrected chi connectivity index (χ0v) is 11.2. The van der Waals surface area contributed by atoms with Crippen molar-refractivity contribution in [1.29, 1.82) is 0 Å². The van der Waals surface area contributed by atoms with E-state index in [1.807, 2.05) is 23.6 Å². The second-order valence-corrected chi connectivity index (χ2v) is 5.95. The number of nitrogens with zero attached hydrogens (tertiary/aromatic N) is 1. The van der Waals surface area contributed by atoms with Gasteiger partial charge in [-0.05, 0) is 31.3 Å². The molecule has 5 heteroatoms. The van der Waals surface area contributed by atoms with Crippen LogP contribution >= 0.6 is 11.3 Å². The van der Waals surface area contributed by atoms with Crippen molar-refractivity contribution >= 4 is 11.3 Å². The fourth-order valence-electron chi connectivity index (χ4n) is 2.20. The first-order chi connectivity index (χ1) is 8.75. The Balaban J connectivity index is 1.64. The fourth-order valence-corrected chi connectivity index (χ4v) is 2.88. The summed E-state index contributed by atoms with van der Waals surface area (Å²) in [5.41, 5.74) is 1.15. The van der Waals surface area contributed by atoms with Crippen molar-refractivity contribution in [2.45, 2.75) is 25.4 Å². The summed E-state index contributed by atoms with van der Waals surface area (Å²) in [5, 5.41) is 13.1. The first kappa shape index (κ1) is 11.9. The number of rotatable bonds is 4. The molecule has 2 aromatic rings.